The van der Waals surface area contributed by atoms with E-state index in [0.717, 1.165) is 19.0 Å². The number of likely N-dealkylation sites (N-methyl/N-ethyl adjacent to an activating group) is 1. The Morgan fingerprint density at radius 3 is 2.60 bits per heavy atom. The average Bonchev–Trinajstić information content (AvgIpc) is 2.97. The van der Waals surface area contributed by atoms with Crippen LogP contribution in [-0.4, -0.2) is 37.1 Å². The van der Waals surface area contributed by atoms with E-state index in [4.69, 9.17) is 5.26 Å². The quantitative estimate of drug-likeness (QED) is 0.692. The van der Waals surface area contributed by atoms with Crippen LogP contribution in [0.3, 0.4) is 0 Å². The first kappa shape index (κ1) is 12.5. The number of hydrogen-bond acceptors (Lipinski definition) is 3. The van der Waals surface area contributed by atoms with Gasteiger partial charge in [0.15, 0.2) is 0 Å². The van der Waals surface area contributed by atoms with Crippen LogP contribution in [0, 0.1) is 17.2 Å². The summed E-state index contributed by atoms with van der Waals surface area (Å²) < 4.78 is 0. The fourth-order valence-electron chi connectivity index (χ4n) is 1.55. The maximum Gasteiger partial charge on any atom is 0.108 e. The van der Waals surface area contributed by atoms with Crippen LogP contribution in [0.4, 0.5) is 0 Å². The smallest absolute Gasteiger partial charge is 0.108 e. The van der Waals surface area contributed by atoms with Gasteiger partial charge in [0, 0.05) is 12.6 Å². The molecule has 0 saturated heterocycles. The van der Waals surface area contributed by atoms with E-state index < -0.39 is 0 Å². The number of nitriles is 1. The predicted molar refractivity (Wildman–Crippen MR) is 62.5 cm³/mol. The van der Waals surface area contributed by atoms with Crippen molar-refractivity contribution in [2.75, 3.05) is 20.1 Å². The first-order chi connectivity index (χ1) is 7.11. The summed E-state index contributed by atoms with van der Waals surface area (Å²) in [6.07, 6.45) is 3.69. The van der Waals surface area contributed by atoms with E-state index in [9.17, 15) is 0 Å². The molecule has 1 aliphatic rings. The van der Waals surface area contributed by atoms with Gasteiger partial charge in [0.2, 0.25) is 0 Å². The molecule has 0 aromatic rings. The Labute approximate surface area is 93.5 Å². The molecule has 1 N–H and O–H groups in total. The number of hydrogen-bond donors (Lipinski definition) is 1. The summed E-state index contributed by atoms with van der Waals surface area (Å²) in [5, 5.41) is 12.3. The molecular weight excluding hydrogens is 186 g/mol. The van der Waals surface area contributed by atoms with Crippen LogP contribution < -0.4 is 5.32 Å². The Morgan fingerprint density at radius 2 is 2.13 bits per heavy atom. The van der Waals surface area contributed by atoms with Gasteiger partial charge in [0.1, 0.15) is 6.04 Å². The van der Waals surface area contributed by atoms with Crippen molar-refractivity contribution in [2.45, 2.75) is 45.2 Å². The highest BCUT2D eigenvalue weighted by Gasteiger charge is 2.24. The number of nitrogens with one attached hydrogen (secondary N) is 1. The van der Waals surface area contributed by atoms with Gasteiger partial charge in [-0.25, -0.2) is 0 Å². The molecule has 1 saturated carbocycles. The van der Waals surface area contributed by atoms with Gasteiger partial charge in [-0.15, -0.1) is 0 Å². The molecule has 0 radical (unpaired) electrons. The molecule has 3 heteroatoms. The van der Waals surface area contributed by atoms with Crippen molar-refractivity contribution in [3.8, 4) is 6.07 Å². The fourth-order valence-corrected chi connectivity index (χ4v) is 1.55. The zero-order valence-corrected chi connectivity index (χ0v) is 10.2. The molecule has 1 rings (SSSR count). The lowest BCUT2D eigenvalue weighted by molar-refractivity contribution is 0.291. The van der Waals surface area contributed by atoms with Gasteiger partial charge < -0.3 is 4.90 Å². The molecule has 0 aromatic carbocycles. The van der Waals surface area contributed by atoms with E-state index in [1.807, 2.05) is 0 Å². The normalized spacial score (nSPS) is 18.1. The van der Waals surface area contributed by atoms with E-state index in [0.29, 0.717) is 6.04 Å². The molecule has 3 nitrogen and oxygen atoms in total. The van der Waals surface area contributed by atoms with E-state index in [1.165, 1.54) is 19.3 Å². The Morgan fingerprint density at radius 1 is 1.47 bits per heavy atom. The summed E-state index contributed by atoms with van der Waals surface area (Å²) >= 11 is 0. The number of nitrogens with zero attached hydrogens (tertiary/aromatic N) is 2. The van der Waals surface area contributed by atoms with Gasteiger partial charge in [-0.1, -0.05) is 13.8 Å². The molecule has 1 atom stereocenters. The van der Waals surface area contributed by atoms with E-state index in [2.05, 4.69) is 37.2 Å². The van der Waals surface area contributed by atoms with E-state index in [-0.39, 0.29) is 6.04 Å². The molecule has 86 valence electrons. The van der Waals surface area contributed by atoms with Gasteiger partial charge in [0.25, 0.3) is 0 Å². The lowest BCUT2D eigenvalue weighted by Crippen LogP contribution is -2.40. The Balaban J connectivity index is 2.15. The highest BCUT2D eigenvalue weighted by molar-refractivity contribution is 4.97. The van der Waals surface area contributed by atoms with Crippen molar-refractivity contribution in [2.24, 2.45) is 5.92 Å². The SMILES string of the molecule is CC(C)CCN(C)CC(C#N)NC1CC1. The van der Waals surface area contributed by atoms with Crippen LogP contribution >= 0.6 is 0 Å². The van der Waals surface area contributed by atoms with Crippen LogP contribution in [0.25, 0.3) is 0 Å². The van der Waals surface area contributed by atoms with Crippen LogP contribution in [-0.2, 0) is 0 Å². The summed E-state index contributed by atoms with van der Waals surface area (Å²) in [6, 6.07) is 2.97. The Hall–Kier alpha value is -0.590. The maximum absolute atomic E-state index is 8.99. The molecule has 0 spiro atoms. The van der Waals surface area contributed by atoms with E-state index in [1.54, 1.807) is 0 Å². The molecule has 0 aliphatic heterocycles. The second-order valence-corrected chi connectivity index (χ2v) is 5.07. The van der Waals surface area contributed by atoms with Crippen molar-refractivity contribution in [1.29, 1.82) is 5.26 Å². The summed E-state index contributed by atoms with van der Waals surface area (Å²) in [5.74, 6) is 0.740. The molecule has 1 unspecified atom stereocenters. The second kappa shape index (κ2) is 6.09. The maximum atomic E-state index is 8.99. The second-order valence-electron chi connectivity index (χ2n) is 5.07. The average molecular weight is 209 g/mol. The van der Waals surface area contributed by atoms with Gasteiger partial charge >= 0.3 is 0 Å². The van der Waals surface area contributed by atoms with Crippen molar-refractivity contribution < 1.29 is 0 Å². The molecule has 0 bridgehead atoms. The third-order valence-corrected chi connectivity index (χ3v) is 2.75. The topological polar surface area (TPSA) is 39.1 Å². The van der Waals surface area contributed by atoms with Crippen LogP contribution in [0.1, 0.15) is 33.1 Å². The predicted octanol–water partition coefficient (Wildman–Crippen LogP) is 1.61. The van der Waals surface area contributed by atoms with Crippen molar-refractivity contribution in [1.82, 2.24) is 10.2 Å². The zero-order chi connectivity index (χ0) is 11.3. The Kier molecular flexibility index (Phi) is 5.07. The molecule has 0 amide bonds. The summed E-state index contributed by atoms with van der Waals surface area (Å²) in [6.45, 7) is 6.40. The summed E-state index contributed by atoms with van der Waals surface area (Å²) in [7, 11) is 2.10. The monoisotopic (exact) mass is 209 g/mol. The van der Waals surface area contributed by atoms with Gasteiger partial charge in [-0.3, -0.25) is 5.32 Å². The van der Waals surface area contributed by atoms with Crippen molar-refractivity contribution in [3.63, 3.8) is 0 Å². The first-order valence-corrected chi connectivity index (χ1v) is 5.96. The number of rotatable bonds is 7. The van der Waals surface area contributed by atoms with Crippen LogP contribution in [0.15, 0.2) is 0 Å². The highest BCUT2D eigenvalue weighted by Crippen LogP contribution is 2.19. The minimum absolute atomic E-state index is 0.00895. The largest absolute Gasteiger partial charge is 0.304 e. The van der Waals surface area contributed by atoms with Crippen molar-refractivity contribution in [3.05, 3.63) is 0 Å². The standard InChI is InChI=1S/C12H23N3/c1-10(2)6-7-15(3)9-12(8-13)14-11-4-5-11/h10-12,14H,4-7,9H2,1-3H3. The van der Waals surface area contributed by atoms with Gasteiger partial charge in [-0.05, 0) is 38.8 Å². The van der Waals surface area contributed by atoms with Crippen LogP contribution in [0.2, 0.25) is 0 Å². The molecule has 1 aliphatic carbocycles. The minimum atomic E-state index is 0.00895. The third-order valence-electron chi connectivity index (χ3n) is 2.75. The Bertz CT molecular complexity index is 215. The van der Waals surface area contributed by atoms with Gasteiger partial charge in [0.05, 0.1) is 6.07 Å². The lowest BCUT2D eigenvalue weighted by Gasteiger charge is -2.21. The molecule has 1 fully saturated rings. The molecule has 15 heavy (non-hydrogen) atoms. The molecule has 0 heterocycles. The van der Waals surface area contributed by atoms with Crippen molar-refractivity contribution >= 4 is 0 Å². The molecule has 0 aromatic heterocycles. The zero-order valence-electron chi connectivity index (χ0n) is 10.2. The van der Waals surface area contributed by atoms with E-state index >= 15 is 0 Å². The van der Waals surface area contributed by atoms with Crippen LogP contribution in [0.5, 0.6) is 0 Å². The lowest BCUT2D eigenvalue weighted by atomic mass is 10.1. The minimum Gasteiger partial charge on any atom is -0.304 e. The fraction of sp³-hybridized carbons (Fsp3) is 0.917. The third kappa shape index (κ3) is 5.76. The summed E-state index contributed by atoms with van der Waals surface area (Å²) in [4.78, 5) is 2.25. The molecular formula is C12H23N3. The summed E-state index contributed by atoms with van der Waals surface area (Å²) in [5.41, 5.74) is 0. The highest BCUT2D eigenvalue weighted by atomic mass is 15.1. The van der Waals surface area contributed by atoms with Gasteiger partial charge in [-0.2, -0.15) is 5.26 Å². The first-order valence-electron chi connectivity index (χ1n) is 5.96.